The van der Waals surface area contributed by atoms with Crippen molar-refractivity contribution in [1.82, 2.24) is 4.90 Å². The maximum atomic E-state index is 12.5. The zero-order chi connectivity index (χ0) is 14.5. The van der Waals surface area contributed by atoms with E-state index in [-0.39, 0.29) is 11.9 Å². The van der Waals surface area contributed by atoms with Gasteiger partial charge in [-0.15, -0.1) is 0 Å². The van der Waals surface area contributed by atoms with Gasteiger partial charge in [-0.1, -0.05) is 11.8 Å². The third-order valence-electron chi connectivity index (χ3n) is 3.43. The van der Waals surface area contributed by atoms with E-state index < -0.39 is 0 Å². The van der Waals surface area contributed by atoms with Gasteiger partial charge in [-0.2, -0.15) is 0 Å². The van der Waals surface area contributed by atoms with Crippen molar-refractivity contribution in [2.24, 2.45) is 5.73 Å². The number of likely N-dealkylation sites (N-methyl/N-ethyl adjacent to an activating group) is 1. The van der Waals surface area contributed by atoms with Crippen molar-refractivity contribution in [3.63, 3.8) is 0 Å². The first-order chi connectivity index (χ1) is 9.61. The first-order valence-electron chi connectivity index (χ1n) is 6.77. The van der Waals surface area contributed by atoms with Gasteiger partial charge in [0.1, 0.15) is 0 Å². The van der Waals surface area contributed by atoms with E-state index in [0.29, 0.717) is 18.7 Å². The fraction of sp³-hybridized carbons (Fsp3) is 0.438. The summed E-state index contributed by atoms with van der Waals surface area (Å²) in [6, 6.07) is 5.84. The number of hydrogen-bond donors (Lipinski definition) is 1. The smallest absolute Gasteiger partial charge is 0.253 e. The Morgan fingerprint density at radius 3 is 2.95 bits per heavy atom. The van der Waals surface area contributed by atoms with Crippen LogP contribution in [-0.4, -0.2) is 43.7 Å². The zero-order valence-electron chi connectivity index (χ0n) is 12.0. The SMILES string of the molecule is Cc1cc(C#CCN)cc(C(=O)N(C)C2CCOC2)c1. The zero-order valence-corrected chi connectivity index (χ0v) is 12.0. The Balaban J connectivity index is 2.22. The van der Waals surface area contributed by atoms with Crippen LogP contribution in [0, 0.1) is 18.8 Å². The number of carbonyl (C=O) groups excluding carboxylic acids is 1. The maximum absolute atomic E-state index is 12.5. The Labute approximate surface area is 119 Å². The van der Waals surface area contributed by atoms with Crippen LogP contribution in [-0.2, 0) is 4.74 Å². The third-order valence-corrected chi connectivity index (χ3v) is 3.43. The van der Waals surface area contributed by atoms with Crippen molar-refractivity contribution in [2.75, 3.05) is 26.8 Å². The molecule has 1 saturated heterocycles. The van der Waals surface area contributed by atoms with Gasteiger partial charge in [-0.05, 0) is 37.1 Å². The summed E-state index contributed by atoms with van der Waals surface area (Å²) in [5.41, 5.74) is 7.90. The van der Waals surface area contributed by atoms with Crippen LogP contribution < -0.4 is 5.73 Å². The minimum atomic E-state index is 0.0139. The summed E-state index contributed by atoms with van der Waals surface area (Å²) in [5, 5.41) is 0. The summed E-state index contributed by atoms with van der Waals surface area (Å²) in [6.07, 6.45) is 0.897. The molecule has 1 aliphatic heterocycles. The predicted molar refractivity (Wildman–Crippen MR) is 78.4 cm³/mol. The molecule has 1 aromatic carbocycles. The summed E-state index contributed by atoms with van der Waals surface area (Å²) in [6.45, 7) is 3.62. The quantitative estimate of drug-likeness (QED) is 0.822. The molecule has 0 spiro atoms. The van der Waals surface area contributed by atoms with Crippen molar-refractivity contribution < 1.29 is 9.53 Å². The minimum absolute atomic E-state index is 0.0139. The maximum Gasteiger partial charge on any atom is 0.253 e. The van der Waals surface area contributed by atoms with E-state index in [0.717, 1.165) is 24.2 Å². The van der Waals surface area contributed by atoms with E-state index in [9.17, 15) is 4.79 Å². The summed E-state index contributed by atoms with van der Waals surface area (Å²) >= 11 is 0. The molecule has 1 heterocycles. The van der Waals surface area contributed by atoms with E-state index >= 15 is 0 Å². The number of carbonyl (C=O) groups is 1. The van der Waals surface area contributed by atoms with Crippen LogP contribution in [0.2, 0.25) is 0 Å². The van der Waals surface area contributed by atoms with E-state index in [1.807, 2.05) is 32.2 Å². The monoisotopic (exact) mass is 272 g/mol. The second-order valence-electron chi connectivity index (χ2n) is 5.03. The van der Waals surface area contributed by atoms with Gasteiger partial charge < -0.3 is 15.4 Å². The molecule has 2 rings (SSSR count). The molecule has 0 aliphatic carbocycles. The summed E-state index contributed by atoms with van der Waals surface area (Å²) in [4.78, 5) is 14.3. The Bertz CT molecular complexity index is 551. The molecule has 0 bridgehead atoms. The van der Waals surface area contributed by atoms with Crippen molar-refractivity contribution in [3.05, 3.63) is 34.9 Å². The molecule has 1 amide bonds. The normalized spacial score (nSPS) is 17.4. The lowest BCUT2D eigenvalue weighted by atomic mass is 10.0. The molecule has 0 saturated carbocycles. The Morgan fingerprint density at radius 2 is 2.30 bits per heavy atom. The molecule has 1 fully saturated rings. The largest absolute Gasteiger partial charge is 0.379 e. The lowest BCUT2D eigenvalue weighted by molar-refractivity contribution is 0.0711. The average molecular weight is 272 g/mol. The van der Waals surface area contributed by atoms with Crippen molar-refractivity contribution in [2.45, 2.75) is 19.4 Å². The molecular formula is C16H20N2O2. The fourth-order valence-electron chi connectivity index (χ4n) is 2.33. The molecule has 20 heavy (non-hydrogen) atoms. The van der Waals surface area contributed by atoms with Crippen molar-refractivity contribution in [1.29, 1.82) is 0 Å². The van der Waals surface area contributed by atoms with Crippen LogP contribution in [0.1, 0.15) is 27.9 Å². The first-order valence-corrected chi connectivity index (χ1v) is 6.77. The predicted octanol–water partition coefficient (Wildman–Crippen LogP) is 1.17. The van der Waals surface area contributed by atoms with Gasteiger partial charge in [0.15, 0.2) is 0 Å². The molecule has 4 nitrogen and oxygen atoms in total. The second-order valence-corrected chi connectivity index (χ2v) is 5.03. The Kier molecular flexibility index (Phi) is 4.78. The molecule has 1 aromatic rings. The molecular weight excluding hydrogens is 252 g/mol. The van der Waals surface area contributed by atoms with Gasteiger partial charge in [-0.3, -0.25) is 4.79 Å². The van der Waals surface area contributed by atoms with E-state index in [2.05, 4.69) is 11.8 Å². The van der Waals surface area contributed by atoms with Crippen molar-refractivity contribution in [3.8, 4) is 11.8 Å². The molecule has 106 valence electrons. The molecule has 0 aromatic heterocycles. The molecule has 1 atom stereocenters. The number of rotatable bonds is 2. The number of benzene rings is 1. The molecule has 1 aliphatic rings. The van der Waals surface area contributed by atoms with Crippen LogP contribution in [0.15, 0.2) is 18.2 Å². The third kappa shape index (κ3) is 3.38. The number of nitrogens with zero attached hydrogens (tertiary/aromatic N) is 1. The molecule has 4 heteroatoms. The number of amides is 1. The lowest BCUT2D eigenvalue weighted by Gasteiger charge is -2.23. The highest BCUT2D eigenvalue weighted by Crippen LogP contribution is 2.16. The Hall–Kier alpha value is -1.83. The highest BCUT2D eigenvalue weighted by atomic mass is 16.5. The van der Waals surface area contributed by atoms with Gasteiger partial charge in [0.25, 0.3) is 5.91 Å². The number of ether oxygens (including phenoxy) is 1. The Morgan fingerprint density at radius 1 is 1.50 bits per heavy atom. The molecule has 1 unspecified atom stereocenters. The number of hydrogen-bond acceptors (Lipinski definition) is 3. The van der Waals surface area contributed by atoms with Crippen LogP contribution >= 0.6 is 0 Å². The topological polar surface area (TPSA) is 55.6 Å². The van der Waals surface area contributed by atoms with Gasteiger partial charge in [0.05, 0.1) is 19.2 Å². The van der Waals surface area contributed by atoms with Crippen LogP contribution in [0.4, 0.5) is 0 Å². The highest BCUT2D eigenvalue weighted by molar-refractivity contribution is 5.94. The number of aryl methyl sites for hydroxylation is 1. The van der Waals surface area contributed by atoms with Crippen LogP contribution in [0.3, 0.4) is 0 Å². The average Bonchev–Trinajstić information content (AvgIpc) is 2.97. The van der Waals surface area contributed by atoms with Gasteiger partial charge >= 0.3 is 0 Å². The summed E-state index contributed by atoms with van der Waals surface area (Å²) in [5.74, 6) is 5.81. The fourth-order valence-corrected chi connectivity index (χ4v) is 2.33. The van der Waals surface area contributed by atoms with Crippen LogP contribution in [0.25, 0.3) is 0 Å². The molecule has 2 N–H and O–H groups in total. The van der Waals surface area contributed by atoms with E-state index in [1.165, 1.54) is 0 Å². The molecule has 0 radical (unpaired) electrons. The van der Waals surface area contributed by atoms with Gasteiger partial charge in [-0.25, -0.2) is 0 Å². The summed E-state index contributed by atoms with van der Waals surface area (Å²) in [7, 11) is 1.83. The van der Waals surface area contributed by atoms with Gasteiger partial charge in [0, 0.05) is 24.8 Å². The lowest BCUT2D eigenvalue weighted by Crippen LogP contribution is -2.37. The minimum Gasteiger partial charge on any atom is -0.379 e. The first kappa shape index (κ1) is 14.6. The van der Waals surface area contributed by atoms with Gasteiger partial charge in [0.2, 0.25) is 0 Å². The van der Waals surface area contributed by atoms with E-state index in [1.54, 1.807) is 4.90 Å². The number of nitrogens with two attached hydrogens (primary N) is 1. The highest BCUT2D eigenvalue weighted by Gasteiger charge is 2.25. The second kappa shape index (κ2) is 6.56. The summed E-state index contributed by atoms with van der Waals surface area (Å²) < 4.78 is 5.33. The van der Waals surface area contributed by atoms with E-state index in [4.69, 9.17) is 10.5 Å². The van der Waals surface area contributed by atoms with Crippen molar-refractivity contribution >= 4 is 5.91 Å². The standard InChI is InChI=1S/C16H20N2O2/c1-12-8-13(4-3-6-17)10-14(9-12)16(19)18(2)15-5-7-20-11-15/h8-10,15H,5-7,11,17H2,1-2H3. The van der Waals surface area contributed by atoms with Crippen LogP contribution in [0.5, 0.6) is 0 Å².